The lowest BCUT2D eigenvalue weighted by molar-refractivity contribution is 0.655. The molecule has 2 nitrogen and oxygen atoms in total. The van der Waals surface area contributed by atoms with Gasteiger partial charge in [0.05, 0.1) is 11.7 Å². The van der Waals surface area contributed by atoms with Gasteiger partial charge in [-0.25, -0.2) is 0 Å². The number of nitrogens with zero attached hydrogens (tertiary/aromatic N) is 2. The van der Waals surface area contributed by atoms with Crippen LogP contribution in [0.3, 0.4) is 0 Å². The Morgan fingerprint density at radius 1 is 1.33 bits per heavy atom. The molecule has 0 aromatic heterocycles. The molecule has 0 amide bonds. The van der Waals surface area contributed by atoms with Crippen LogP contribution in [-0.2, 0) is 6.42 Å². The lowest BCUT2D eigenvalue weighted by Crippen LogP contribution is -1.96. The van der Waals surface area contributed by atoms with Gasteiger partial charge in [0.25, 0.3) is 0 Å². The number of hydrogen-bond acceptors (Lipinski definition) is 2. The summed E-state index contributed by atoms with van der Waals surface area (Å²) in [5.74, 6) is 0. The average Bonchev–Trinajstić information content (AvgIpc) is 2.29. The van der Waals surface area contributed by atoms with Crippen LogP contribution in [0.5, 0.6) is 0 Å². The molecule has 1 aliphatic rings. The minimum Gasteiger partial charge on any atom is -0.186 e. The lowest BCUT2D eigenvalue weighted by atomic mass is 10.1. The van der Waals surface area contributed by atoms with Crippen molar-refractivity contribution in [2.24, 2.45) is 10.2 Å². The topological polar surface area (TPSA) is 24.7 Å². The second kappa shape index (κ2) is 3.05. The first-order valence-corrected chi connectivity index (χ1v) is 4.35. The van der Waals surface area contributed by atoms with Crippen LogP contribution >= 0.6 is 0 Å². The van der Waals surface area contributed by atoms with E-state index in [1.165, 1.54) is 5.56 Å². The van der Waals surface area contributed by atoms with Crippen molar-refractivity contribution in [3.63, 3.8) is 0 Å². The summed E-state index contributed by atoms with van der Waals surface area (Å²) in [6.45, 7) is 2.11. The molecule has 0 bridgehead atoms. The smallest absolute Gasteiger partial charge is 0.0884 e. The van der Waals surface area contributed by atoms with Crippen LogP contribution in [0.2, 0.25) is 0 Å². The Morgan fingerprint density at radius 3 is 3.08 bits per heavy atom. The van der Waals surface area contributed by atoms with E-state index < -0.39 is 0 Å². The summed E-state index contributed by atoms with van der Waals surface area (Å²) in [4.78, 5) is 0. The van der Waals surface area contributed by atoms with Crippen LogP contribution in [0.4, 0.5) is 5.69 Å². The molecule has 1 unspecified atom stereocenters. The molecule has 0 N–H and O–H groups in total. The van der Waals surface area contributed by atoms with E-state index in [1.807, 2.05) is 12.1 Å². The van der Waals surface area contributed by atoms with E-state index in [4.69, 9.17) is 0 Å². The molecule has 1 aromatic rings. The van der Waals surface area contributed by atoms with Gasteiger partial charge in [-0.1, -0.05) is 18.2 Å². The molecule has 0 spiro atoms. The van der Waals surface area contributed by atoms with Crippen LogP contribution in [0.15, 0.2) is 34.5 Å². The van der Waals surface area contributed by atoms with Crippen LogP contribution in [0.1, 0.15) is 18.9 Å². The Balaban J connectivity index is 2.39. The predicted octanol–water partition coefficient (Wildman–Crippen LogP) is 3.11. The third-order valence-corrected chi connectivity index (χ3v) is 2.19. The highest BCUT2D eigenvalue weighted by Crippen LogP contribution is 2.24. The molecule has 1 aromatic carbocycles. The maximum atomic E-state index is 4.19. The van der Waals surface area contributed by atoms with Crippen molar-refractivity contribution in [3.05, 3.63) is 29.8 Å². The fourth-order valence-electron chi connectivity index (χ4n) is 1.40. The number of hydrogen-bond donors (Lipinski definition) is 0. The van der Waals surface area contributed by atoms with Gasteiger partial charge in [-0.15, -0.1) is 0 Å². The Bertz CT molecular complexity index is 304. The van der Waals surface area contributed by atoms with Gasteiger partial charge in [0, 0.05) is 0 Å². The van der Waals surface area contributed by atoms with E-state index in [0.29, 0.717) is 6.04 Å². The number of fused-ring (bicyclic) bond motifs is 1. The van der Waals surface area contributed by atoms with Crippen molar-refractivity contribution in [1.29, 1.82) is 0 Å². The van der Waals surface area contributed by atoms with E-state index in [9.17, 15) is 0 Å². The summed E-state index contributed by atoms with van der Waals surface area (Å²) in [6, 6.07) is 8.60. The summed E-state index contributed by atoms with van der Waals surface area (Å²) in [7, 11) is 0. The quantitative estimate of drug-likeness (QED) is 0.557. The van der Waals surface area contributed by atoms with E-state index in [1.54, 1.807) is 0 Å². The first-order valence-electron chi connectivity index (χ1n) is 4.35. The standard InChI is InChI=1S/C10H12N2/c1-8-6-7-9-4-2-3-5-10(9)12-11-8/h2-5,8H,6-7H2,1H3. The maximum Gasteiger partial charge on any atom is 0.0884 e. The fraction of sp³-hybridized carbons (Fsp3) is 0.400. The molecule has 1 atom stereocenters. The molecule has 1 aliphatic heterocycles. The molecule has 1 heterocycles. The van der Waals surface area contributed by atoms with Crippen LogP contribution in [0.25, 0.3) is 0 Å². The molecule has 2 rings (SSSR count). The zero-order valence-corrected chi connectivity index (χ0v) is 7.20. The van der Waals surface area contributed by atoms with Crippen LogP contribution < -0.4 is 0 Å². The van der Waals surface area contributed by atoms with Gasteiger partial charge in [-0.3, -0.25) is 0 Å². The molecule has 12 heavy (non-hydrogen) atoms. The van der Waals surface area contributed by atoms with Crippen molar-refractivity contribution >= 4 is 5.69 Å². The number of azo groups is 1. The molecule has 2 heteroatoms. The first kappa shape index (κ1) is 7.47. The van der Waals surface area contributed by atoms with E-state index in [-0.39, 0.29) is 0 Å². The zero-order chi connectivity index (χ0) is 8.39. The highest BCUT2D eigenvalue weighted by molar-refractivity contribution is 5.45. The third kappa shape index (κ3) is 1.37. The van der Waals surface area contributed by atoms with Gasteiger partial charge in [0.15, 0.2) is 0 Å². The summed E-state index contributed by atoms with van der Waals surface area (Å²) < 4.78 is 0. The van der Waals surface area contributed by atoms with Crippen molar-refractivity contribution in [2.75, 3.05) is 0 Å². The van der Waals surface area contributed by atoms with Crippen molar-refractivity contribution in [3.8, 4) is 0 Å². The van der Waals surface area contributed by atoms with Gasteiger partial charge in [0.1, 0.15) is 0 Å². The third-order valence-electron chi connectivity index (χ3n) is 2.19. The van der Waals surface area contributed by atoms with Crippen molar-refractivity contribution in [2.45, 2.75) is 25.8 Å². The van der Waals surface area contributed by atoms with Gasteiger partial charge < -0.3 is 0 Å². The van der Waals surface area contributed by atoms with E-state index in [2.05, 4.69) is 29.3 Å². The van der Waals surface area contributed by atoms with Gasteiger partial charge in [0.2, 0.25) is 0 Å². The normalized spacial score (nSPS) is 21.6. The zero-order valence-electron chi connectivity index (χ0n) is 7.20. The van der Waals surface area contributed by atoms with E-state index in [0.717, 1.165) is 18.5 Å². The van der Waals surface area contributed by atoms with Gasteiger partial charge in [-0.05, 0) is 31.4 Å². The second-order valence-corrected chi connectivity index (χ2v) is 3.23. The summed E-state index contributed by atoms with van der Waals surface area (Å²) in [5, 5.41) is 8.38. The number of benzene rings is 1. The van der Waals surface area contributed by atoms with E-state index >= 15 is 0 Å². The molecule has 0 saturated heterocycles. The minimum absolute atomic E-state index is 0.373. The van der Waals surface area contributed by atoms with Crippen molar-refractivity contribution < 1.29 is 0 Å². The SMILES string of the molecule is CC1CCc2ccccc2N=N1. The summed E-state index contributed by atoms with van der Waals surface area (Å²) >= 11 is 0. The number of rotatable bonds is 0. The highest BCUT2D eigenvalue weighted by atomic mass is 15.1. The Kier molecular flexibility index (Phi) is 1.90. The van der Waals surface area contributed by atoms with Crippen LogP contribution in [-0.4, -0.2) is 6.04 Å². The van der Waals surface area contributed by atoms with Crippen LogP contribution in [0, 0.1) is 0 Å². The predicted molar refractivity (Wildman–Crippen MR) is 48.7 cm³/mol. The molecule has 0 aliphatic carbocycles. The second-order valence-electron chi connectivity index (χ2n) is 3.23. The average molecular weight is 160 g/mol. The largest absolute Gasteiger partial charge is 0.186 e. The Hall–Kier alpha value is -1.18. The Morgan fingerprint density at radius 2 is 2.17 bits per heavy atom. The molecule has 0 radical (unpaired) electrons. The molecular weight excluding hydrogens is 148 g/mol. The van der Waals surface area contributed by atoms with Gasteiger partial charge in [-0.2, -0.15) is 10.2 Å². The monoisotopic (exact) mass is 160 g/mol. The molecule has 62 valence electrons. The molecular formula is C10H12N2. The molecule has 0 saturated carbocycles. The fourth-order valence-corrected chi connectivity index (χ4v) is 1.40. The lowest BCUT2D eigenvalue weighted by Gasteiger charge is -2.00. The maximum absolute atomic E-state index is 4.19. The summed E-state index contributed by atoms with van der Waals surface area (Å²) in [6.07, 6.45) is 2.21. The minimum atomic E-state index is 0.373. The first-order chi connectivity index (χ1) is 5.86. The Labute approximate surface area is 72.3 Å². The summed E-state index contributed by atoms with van der Waals surface area (Å²) in [5.41, 5.74) is 2.37. The highest BCUT2D eigenvalue weighted by Gasteiger charge is 2.08. The molecule has 0 fully saturated rings. The van der Waals surface area contributed by atoms with Crippen molar-refractivity contribution in [1.82, 2.24) is 0 Å². The van der Waals surface area contributed by atoms with Gasteiger partial charge >= 0.3 is 0 Å². The number of aryl methyl sites for hydroxylation is 1.